The lowest BCUT2D eigenvalue weighted by Gasteiger charge is -2.25. The fraction of sp³-hybridized carbons (Fsp3) is 1.00. The first kappa shape index (κ1) is 12.9. The summed E-state index contributed by atoms with van der Waals surface area (Å²) in [4.78, 5) is 0. The maximum atomic E-state index is 12.0. The van der Waals surface area contributed by atoms with E-state index in [-0.39, 0.29) is 11.8 Å². The first-order valence-corrected chi connectivity index (χ1v) is 7.28. The molecular weight excluding hydrogens is 212 g/mol. The summed E-state index contributed by atoms with van der Waals surface area (Å²) >= 11 is 0. The molecule has 0 aromatic heterocycles. The monoisotopic (exact) mass is 234 g/mol. The van der Waals surface area contributed by atoms with Crippen molar-refractivity contribution in [1.82, 2.24) is 4.31 Å². The van der Waals surface area contributed by atoms with Crippen molar-refractivity contribution in [3.8, 4) is 0 Å². The van der Waals surface area contributed by atoms with Gasteiger partial charge in [-0.05, 0) is 45.6 Å². The second-order valence-corrected chi connectivity index (χ2v) is 6.61. The number of hydrogen-bond donors (Lipinski definition) is 1. The number of hydrogen-bond acceptors (Lipinski definition) is 3. The molecule has 0 heterocycles. The van der Waals surface area contributed by atoms with Crippen molar-refractivity contribution in [3.63, 3.8) is 0 Å². The Morgan fingerprint density at radius 1 is 1.40 bits per heavy atom. The predicted octanol–water partition coefficient (Wildman–Crippen LogP) is 0.785. The third-order valence-corrected chi connectivity index (χ3v) is 4.76. The lowest BCUT2D eigenvalue weighted by molar-refractivity contribution is 0.341. The van der Waals surface area contributed by atoms with Crippen molar-refractivity contribution in [3.05, 3.63) is 0 Å². The van der Waals surface area contributed by atoms with Crippen LogP contribution in [0, 0.1) is 5.92 Å². The summed E-state index contributed by atoms with van der Waals surface area (Å²) in [5, 5.41) is 0. The third-order valence-electron chi connectivity index (χ3n) is 2.67. The Labute approximate surface area is 92.9 Å². The van der Waals surface area contributed by atoms with Crippen LogP contribution in [0.4, 0.5) is 0 Å². The Bertz CT molecular complexity index is 284. The Hall–Kier alpha value is -0.130. The average molecular weight is 234 g/mol. The Balaban J connectivity index is 2.59. The minimum Gasteiger partial charge on any atom is -0.330 e. The van der Waals surface area contributed by atoms with Gasteiger partial charge in [0, 0.05) is 12.6 Å². The highest BCUT2D eigenvalue weighted by atomic mass is 32.2. The minimum atomic E-state index is -3.09. The van der Waals surface area contributed by atoms with Crippen LogP contribution in [-0.4, -0.2) is 37.6 Å². The van der Waals surface area contributed by atoms with Gasteiger partial charge in [0.25, 0.3) is 0 Å². The highest BCUT2D eigenvalue weighted by molar-refractivity contribution is 7.89. The second kappa shape index (κ2) is 5.27. The molecule has 0 bridgehead atoms. The van der Waals surface area contributed by atoms with Crippen LogP contribution >= 0.6 is 0 Å². The quantitative estimate of drug-likeness (QED) is 0.708. The number of rotatable bonds is 7. The molecule has 4 nitrogen and oxygen atoms in total. The minimum absolute atomic E-state index is 0.0633. The lowest BCUT2D eigenvalue weighted by atomic mass is 10.3. The molecule has 0 unspecified atom stereocenters. The summed E-state index contributed by atoms with van der Waals surface area (Å²) < 4.78 is 25.6. The highest BCUT2D eigenvalue weighted by Gasteiger charge is 2.31. The summed E-state index contributed by atoms with van der Waals surface area (Å²) in [7, 11) is -3.09. The molecule has 0 aromatic carbocycles. The standard InChI is InChI=1S/C10H22N2O2S/c1-9(2)12(8-10-4-5-10)15(13,14)7-3-6-11/h9-10H,3-8,11H2,1-2H3. The molecule has 0 radical (unpaired) electrons. The van der Waals surface area contributed by atoms with E-state index in [1.807, 2.05) is 13.8 Å². The van der Waals surface area contributed by atoms with Gasteiger partial charge in [-0.25, -0.2) is 8.42 Å². The van der Waals surface area contributed by atoms with Crippen LogP contribution in [0.15, 0.2) is 0 Å². The van der Waals surface area contributed by atoms with Gasteiger partial charge >= 0.3 is 0 Å². The van der Waals surface area contributed by atoms with Crippen molar-refractivity contribution < 1.29 is 8.42 Å². The first-order valence-electron chi connectivity index (χ1n) is 5.67. The maximum Gasteiger partial charge on any atom is 0.214 e. The van der Waals surface area contributed by atoms with Gasteiger partial charge in [-0.2, -0.15) is 4.31 Å². The third kappa shape index (κ3) is 4.09. The summed E-state index contributed by atoms with van der Waals surface area (Å²) in [6, 6.07) is 0.0633. The molecule has 0 saturated heterocycles. The molecule has 90 valence electrons. The highest BCUT2D eigenvalue weighted by Crippen LogP contribution is 2.31. The van der Waals surface area contributed by atoms with Crippen LogP contribution < -0.4 is 5.73 Å². The zero-order valence-electron chi connectivity index (χ0n) is 9.65. The maximum absolute atomic E-state index is 12.0. The SMILES string of the molecule is CC(C)N(CC1CC1)S(=O)(=O)CCCN. The smallest absolute Gasteiger partial charge is 0.214 e. The molecule has 0 atom stereocenters. The van der Waals surface area contributed by atoms with Crippen LogP contribution in [0.1, 0.15) is 33.1 Å². The molecule has 15 heavy (non-hydrogen) atoms. The Morgan fingerprint density at radius 3 is 2.40 bits per heavy atom. The summed E-state index contributed by atoms with van der Waals surface area (Å²) in [6.45, 7) is 5.00. The van der Waals surface area contributed by atoms with Gasteiger partial charge in [-0.3, -0.25) is 0 Å². The van der Waals surface area contributed by atoms with Crippen LogP contribution in [0.2, 0.25) is 0 Å². The van der Waals surface area contributed by atoms with E-state index >= 15 is 0 Å². The second-order valence-electron chi connectivity index (χ2n) is 4.57. The lowest BCUT2D eigenvalue weighted by Crippen LogP contribution is -2.40. The van der Waals surface area contributed by atoms with E-state index in [4.69, 9.17) is 5.73 Å². The number of nitrogens with two attached hydrogens (primary N) is 1. The topological polar surface area (TPSA) is 63.4 Å². The van der Waals surface area contributed by atoms with Crippen molar-refractivity contribution in [2.24, 2.45) is 11.7 Å². The van der Waals surface area contributed by atoms with Crippen molar-refractivity contribution in [2.45, 2.75) is 39.2 Å². The fourth-order valence-electron chi connectivity index (χ4n) is 1.58. The van der Waals surface area contributed by atoms with Gasteiger partial charge in [0.2, 0.25) is 10.0 Å². The largest absolute Gasteiger partial charge is 0.330 e. The molecule has 2 N–H and O–H groups in total. The van der Waals surface area contributed by atoms with Crippen LogP contribution in [0.25, 0.3) is 0 Å². The van der Waals surface area contributed by atoms with E-state index in [0.717, 1.165) is 0 Å². The molecule has 0 amide bonds. The number of sulfonamides is 1. The summed E-state index contributed by atoms with van der Waals surface area (Å²) in [6.07, 6.45) is 2.90. The molecule has 0 spiro atoms. The van der Waals surface area contributed by atoms with Crippen molar-refractivity contribution in [1.29, 1.82) is 0 Å². The fourth-order valence-corrected chi connectivity index (χ4v) is 3.43. The molecule has 1 aliphatic carbocycles. The molecule has 1 saturated carbocycles. The molecule has 1 aliphatic rings. The predicted molar refractivity (Wildman–Crippen MR) is 62.0 cm³/mol. The van der Waals surface area contributed by atoms with E-state index < -0.39 is 10.0 Å². The van der Waals surface area contributed by atoms with Gasteiger partial charge in [-0.1, -0.05) is 0 Å². The first-order chi connectivity index (χ1) is 6.97. The van der Waals surface area contributed by atoms with Crippen LogP contribution in [0.5, 0.6) is 0 Å². The molecule has 0 aromatic rings. The molecule has 5 heteroatoms. The Morgan fingerprint density at radius 2 is 2.00 bits per heavy atom. The number of nitrogens with zero attached hydrogens (tertiary/aromatic N) is 1. The van der Waals surface area contributed by atoms with Crippen molar-refractivity contribution >= 4 is 10.0 Å². The van der Waals surface area contributed by atoms with Gasteiger partial charge < -0.3 is 5.73 Å². The molecule has 0 aliphatic heterocycles. The van der Waals surface area contributed by atoms with E-state index in [1.54, 1.807) is 4.31 Å². The zero-order valence-corrected chi connectivity index (χ0v) is 10.5. The Kier molecular flexibility index (Phi) is 4.55. The van der Waals surface area contributed by atoms with Crippen LogP contribution in [0.3, 0.4) is 0 Å². The zero-order chi connectivity index (χ0) is 11.5. The van der Waals surface area contributed by atoms with E-state index in [2.05, 4.69) is 0 Å². The van der Waals surface area contributed by atoms with E-state index in [9.17, 15) is 8.42 Å². The summed E-state index contributed by atoms with van der Waals surface area (Å²) in [5.41, 5.74) is 5.34. The average Bonchev–Trinajstić information content (AvgIpc) is 2.93. The van der Waals surface area contributed by atoms with E-state index in [1.165, 1.54) is 12.8 Å². The van der Waals surface area contributed by atoms with E-state index in [0.29, 0.717) is 25.4 Å². The summed E-state index contributed by atoms with van der Waals surface area (Å²) in [5.74, 6) is 0.786. The normalized spacial score (nSPS) is 17.7. The van der Waals surface area contributed by atoms with Gasteiger partial charge in [0.1, 0.15) is 0 Å². The molecule has 1 rings (SSSR count). The van der Waals surface area contributed by atoms with Gasteiger partial charge in [0.15, 0.2) is 0 Å². The van der Waals surface area contributed by atoms with Gasteiger partial charge in [0.05, 0.1) is 5.75 Å². The molecular formula is C10H22N2O2S. The molecule has 1 fully saturated rings. The van der Waals surface area contributed by atoms with Crippen LogP contribution in [-0.2, 0) is 10.0 Å². The van der Waals surface area contributed by atoms with Gasteiger partial charge in [-0.15, -0.1) is 0 Å². The van der Waals surface area contributed by atoms with Crippen molar-refractivity contribution in [2.75, 3.05) is 18.8 Å².